The fourth-order valence-electron chi connectivity index (χ4n) is 0.914. The van der Waals surface area contributed by atoms with Gasteiger partial charge in [-0.15, -0.1) is 0 Å². The van der Waals surface area contributed by atoms with E-state index in [0.717, 1.165) is 26.1 Å². The van der Waals surface area contributed by atoms with Crippen molar-refractivity contribution in [3.63, 3.8) is 0 Å². The van der Waals surface area contributed by atoms with Crippen LogP contribution < -0.4 is 11.2 Å². The van der Waals surface area contributed by atoms with Crippen molar-refractivity contribution in [2.45, 2.75) is 20.3 Å². The number of ether oxygens (including phenoxy) is 1. The second-order valence-corrected chi connectivity index (χ2v) is 3.68. The van der Waals surface area contributed by atoms with Crippen LogP contribution in [-0.2, 0) is 4.74 Å². The van der Waals surface area contributed by atoms with Crippen LogP contribution in [0.4, 0.5) is 0 Å². The summed E-state index contributed by atoms with van der Waals surface area (Å²) in [5.74, 6) is 6.33. The van der Waals surface area contributed by atoms with Crippen molar-refractivity contribution >= 4 is 0 Å². The average Bonchev–Trinajstić information content (AvgIpc) is 2.25. The summed E-state index contributed by atoms with van der Waals surface area (Å²) in [7, 11) is 1.91. The molecule has 3 N–H and O–H groups in total. The van der Waals surface area contributed by atoms with Gasteiger partial charge in [-0.25, -0.2) is 5.84 Å². The van der Waals surface area contributed by atoms with Crippen molar-refractivity contribution in [1.29, 1.82) is 0 Å². The quantitative estimate of drug-likeness (QED) is 0.342. The van der Waals surface area contributed by atoms with Gasteiger partial charge in [0.2, 0.25) is 0 Å². The van der Waals surface area contributed by atoms with Gasteiger partial charge >= 0.3 is 0 Å². The maximum Gasteiger partial charge on any atom is 0.0657 e. The van der Waals surface area contributed by atoms with E-state index in [1.165, 1.54) is 0 Å². The summed E-state index contributed by atoms with van der Waals surface area (Å²) in [6, 6.07) is 0. The smallest absolute Gasteiger partial charge is 0.0657 e. The number of nitrogens with zero attached hydrogens (tertiary/aromatic N) is 1. The average molecular weight is 215 g/mol. The summed E-state index contributed by atoms with van der Waals surface area (Å²) < 4.78 is 5.36. The third-order valence-electron chi connectivity index (χ3n) is 2.24. The number of hydrogen-bond acceptors (Lipinski definition) is 4. The van der Waals surface area contributed by atoms with Crippen LogP contribution in [0, 0.1) is 5.92 Å². The van der Waals surface area contributed by atoms with Gasteiger partial charge in [0.1, 0.15) is 0 Å². The summed E-state index contributed by atoms with van der Waals surface area (Å²) in [4.78, 5) is 0. The number of hydrogen-bond donors (Lipinski definition) is 2. The largest absolute Gasteiger partial charge is 0.378 e. The molecule has 0 saturated carbocycles. The highest BCUT2D eigenvalue weighted by Gasteiger charge is 1.94. The van der Waals surface area contributed by atoms with E-state index in [9.17, 15) is 0 Å². The SMILES string of the molecule is CCC(C)C=CN(N)CCOCCNC. The molecule has 0 radical (unpaired) electrons. The van der Waals surface area contributed by atoms with Crippen LogP contribution in [-0.4, -0.2) is 38.4 Å². The highest BCUT2D eigenvalue weighted by Crippen LogP contribution is 2.01. The molecule has 0 aliphatic heterocycles. The molecule has 0 fully saturated rings. The number of hydrazine groups is 1. The first-order chi connectivity index (χ1) is 7.20. The Bertz CT molecular complexity index is 162. The predicted molar refractivity (Wildman–Crippen MR) is 64.2 cm³/mol. The Kier molecular flexibility index (Phi) is 9.57. The number of allylic oxidation sites excluding steroid dienone is 1. The van der Waals surface area contributed by atoms with Gasteiger partial charge in [-0.1, -0.05) is 26.3 Å². The Morgan fingerprint density at radius 2 is 2.20 bits per heavy atom. The molecule has 1 unspecified atom stereocenters. The van der Waals surface area contributed by atoms with Gasteiger partial charge in [-0.2, -0.15) is 0 Å². The summed E-state index contributed by atoms with van der Waals surface area (Å²) in [6.45, 7) is 7.36. The predicted octanol–water partition coefficient (Wildman–Crippen LogP) is 0.958. The van der Waals surface area contributed by atoms with E-state index in [-0.39, 0.29) is 0 Å². The highest BCUT2D eigenvalue weighted by molar-refractivity contribution is 4.84. The van der Waals surface area contributed by atoms with Crippen molar-refractivity contribution in [1.82, 2.24) is 10.3 Å². The molecule has 0 saturated heterocycles. The van der Waals surface area contributed by atoms with E-state index in [4.69, 9.17) is 10.6 Å². The van der Waals surface area contributed by atoms with Gasteiger partial charge in [0, 0.05) is 12.7 Å². The van der Waals surface area contributed by atoms with Crippen molar-refractivity contribution in [3.8, 4) is 0 Å². The molecular weight excluding hydrogens is 190 g/mol. The zero-order valence-corrected chi connectivity index (χ0v) is 10.2. The van der Waals surface area contributed by atoms with Crippen LogP contribution in [0.15, 0.2) is 12.3 Å². The molecule has 4 heteroatoms. The summed E-state index contributed by atoms with van der Waals surface area (Å²) in [6.07, 6.45) is 5.19. The first-order valence-electron chi connectivity index (χ1n) is 5.62. The number of rotatable bonds is 9. The Labute approximate surface area is 93.4 Å². The molecule has 0 aliphatic rings. The Morgan fingerprint density at radius 3 is 2.80 bits per heavy atom. The third-order valence-corrected chi connectivity index (χ3v) is 2.24. The molecule has 0 aromatic carbocycles. The first kappa shape index (κ1) is 14.4. The molecular formula is C11H25N3O. The lowest BCUT2D eigenvalue weighted by atomic mass is 10.1. The van der Waals surface area contributed by atoms with Crippen LogP contribution in [0.25, 0.3) is 0 Å². The van der Waals surface area contributed by atoms with Crippen LogP contribution in [0.3, 0.4) is 0 Å². The van der Waals surface area contributed by atoms with Crippen molar-refractivity contribution in [2.75, 3.05) is 33.4 Å². The molecule has 1 atom stereocenters. The fourth-order valence-corrected chi connectivity index (χ4v) is 0.914. The normalized spacial score (nSPS) is 13.3. The molecule has 0 spiro atoms. The summed E-state index contributed by atoms with van der Waals surface area (Å²) in [5, 5.41) is 4.69. The minimum Gasteiger partial charge on any atom is -0.378 e. The van der Waals surface area contributed by atoms with Crippen LogP contribution in [0.2, 0.25) is 0 Å². The van der Waals surface area contributed by atoms with Crippen LogP contribution in [0.5, 0.6) is 0 Å². The second-order valence-electron chi connectivity index (χ2n) is 3.68. The molecule has 0 heterocycles. The molecule has 0 aromatic heterocycles. The van der Waals surface area contributed by atoms with Gasteiger partial charge in [0.05, 0.1) is 19.8 Å². The Balaban J connectivity index is 3.40. The number of nitrogens with two attached hydrogens (primary N) is 1. The van der Waals surface area contributed by atoms with Gasteiger partial charge in [-0.3, -0.25) is 0 Å². The van der Waals surface area contributed by atoms with Crippen molar-refractivity contribution in [2.24, 2.45) is 11.8 Å². The Hall–Kier alpha value is -0.580. The number of likely N-dealkylation sites (N-methyl/N-ethyl adjacent to an activating group) is 1. The molecule has 15 heavy (non-hydrogen) atoms. The highest BCUT2D eigenvalue weighted by atomic mass is 16.5. The monoisotopic (exact) mass is 215 g/mol. The zero-order chi connectivity index (χ0) is 11.5. The molecule has 0 aliphatic carbocycles. The van der Waals surface area contributed by atoms with Gasteiger partial charge in [0.25, 0.3) is 0 Å². The fraction of sp³-hybridized carbons (Fsp3) is 0.818. The van der Waals surface area contributed by atoms with Crippen LogP contribution in [0.1, 0.15) is 20.3 Å². The van der Waals surface area contributed by atoms with E-state index in [2.05, 4.69) is 25.2 Å². The molecule has 0 aromatic rings. The van der Waals surface area contributed by atoms with Crippen molar-refractivity contribution in [3.05, 3.63) is 12.3 Å². The molecule has 0 amide bonds. The maximum atomic E-state index is 5.74. The topological polar surface area (TPSA) is 50.5 Å². The lowest BCUT2D eigenvalue weighted by Crippen LogP contribution is -2.29. The molecule has 4 nitrogen and oxygen atoms in total. The Morgan fingerprint density at radius 1 is 1.47 bits per heavy atom. The molecule has 0 bridgehead atoms. The number of nitrogens with one attached hydrogen (secondary N) is 1. The summed E-state index contributed by atoms with van der Waals surface area (Å²) >= 11 is 0. The van der Waals surface area contributed by atoms with Crippen LogP contribution >= 0.6 is 0 Å². The summed E-state index contributed by atoms with van der Waals surface area (Å²) in [5.41, 5.74) is 0. The van der Waals surface area contributed by atoms with E-state index >= 15 is 0 Å². The minimum atomic E-state index is 0.584. The van der Waals surface area contributed by atoms with Gasteiger partial charge in [-0.05, 0) is 13.0 Å². The van der Waals surface area contributed by atoms with Gasteiger partial charge in [0.15, 0.2) is 0 Å². The lowest BCUT2D eigenvalue weighted by molar-refractivity contribution is 0.119. The zero-order valence-electron chi connectivity index (χ0n) is 10.2. The van der Waals surface area contributed by atoms with Crippen molar-refractivity contribution < 1.29 is 4.74 Å². The lowest BCUT2D eigenvalue weighted by Gasteiger charge is -2.14. The standard InChI is InChI=1S/C11H25N3O/c1-4-11(2)5-7-14(12)8-10-15-9-6-13-3/h5,7,11,13H,4,6,8-10,12H2,1-3H3. The van der Waals surface area contributed by atoms with E-state index in [1.54, 1.807) is 5.01 Å². The first-order valence-corrected chi connectivity index (χ1v) is 5.62. The maximum absolute atomic E-state index is 5.74. The van der Waals surface area contributed by atoms with E-state index in [0.29, 0.717) is 12.5 Å². The minimum absolute atomic E-state index is 0.584. The van der Waals surface area contributed by atoms with Gasteiger partial charge < -0.3 is 15.1 Å². The molecule has 90 valence electrons. The van der Waals surface area contributed by atoms with E-state index in [1.807, 2.05) is 13.2 Å². The second kappa shape index (κ2) is 9.96. The third kappa shape index (κ3) is 9.72. The van der Waals surface area contributed by atoms with E-state index < -0.39 is 0 Å². The molecule has 0 rings (SSSR count).